The minimum absolute atomic E-state index is 0.412. The Hall–Kier alpha value is -0.930. The molecule has 0 N–H and O–H groups in total. The van der Waals surface area contributed by atoms with E-state index < -0.39 is 0 Å². The number of hydrogen-bond donors (Lipinski definition) is 0. The SMILES string of the molecule is CO[C@H]1CCN(Cc2ccc(C)cn2)C1. The molecular formula is C12H18N2O. The molecule has 0 amide bonds. The first-order valence-electron chi connectivity index (χ1n) is 5.44. The van der Waals surface area contributed by atoms with Crippen LogP contribution in [-0.4, -0.2) is 36.2 Å². The Bertz CT molecular complexity index is 310. The molecule has 2 rings (SSSR count). The van der Waals surface area contributed by atoms with Crippen molar-refractivity contribution in [3.8, 4) is 0 Å². The third-order valence-corrected chi connectivity index (χ3v) is 2.92. The van der Waals surface area contributed by atoms with Crippen molar-refractivity contribution in [1.29, 1.82) is 0 Å². The van der Waals surface area contributed by atoms with Crippen LogP contribution < -0.4 is 0 Å². The molecule has 3 heteroatoms. The highest BCUT2D eigenvalue weighted by Gasteiger charge is 2.21. The summed E-state index contributed by atoms with van der Waals surface area (Å²) < 4.78 is 5.34. The average molecular weight is 206 g/mol. The summed E-state index contributed by atoms with van der Waals surface area (Å²) in [5.74, 6) is 0. The van der Waals surface area contributed by atoms with Gasteiger partial charge in [-0.25, -0.2) is 0 Å². The summed E-state index contributed by atoms with van der Waals surface area (Å²) in [6.07, 6.45) is 3.48. The second kappa shape index (κ2) is 4.73. The topological polar surface area (TPSA) is 25.4 Å². The van der Waals surface area contributed by atoms with Crippen LogP contribution in [0.1, 0.15) is 17.7 Å². The van der Waals surface area contributed by atoms with Crippen molar-refractivity contribution in [3.05, 3.63) is 29.6 Å². The highest BCUT2D eigenvalue weighted by molar-refractivity contribution is 5.12. The summed E-state index contributed by atoms with van der Waals surface area (Å²) in [6, 6.07) is 4.22. The van der Waals surface area contributed by atoms with Crippen molar-refractivity contribution in [3.63, 3.8) is 0 Å². The maximum absolute atomic E-state index is 5.34. The highest BCUT2D eigenvalue weighted by Crippen LogP contribution is 2.14. The molecular weight excluding hydrogens is 188 g/mol. The van der Waals surface area contributed by atoms with Gasteiger partial charge in [-0.15, -0.1) is 0 Å². The number of ether oxygens (including phenoxy) is 1. The predicted molar refractivity (Wildman–Crippen MR) is 59.7 cm³/mol. The standard InChI is InChI=1S/C12H18N2O/c1-10-3-4-11(13-7-10)8-14-6-5-12(9-14)15-2/h3-4,7,12H,5-6,8-9H2,1-2H3/t12-/m0/s1. The molecule has 0 spiro atoms. The molecule has 2 heterocycles. The molecule has 0 bridgehead atoms. The fourth-order valence-corrected chi connectivity index (χ4v) is 1.95. The number of likely N-dealkylation sites (tertiary alicyclic amines) is 1. The van der Waals surface area contributed by atoms with Gasteiger partial charge in [-0.3, -0.25) is 9.88 Å². The summed E-state index contributed by atoms with van der Waals surface area (Å²) in [6.45, 7) is 5.16. The number of pyridine rings is 1. The number of aryl methyl sites for hydroxylation is 1. The van der Waals surface area contributed by atoms with Crippen molar-refractivity contribution in [2.75, 3.05) is 20.2 Å². The Labute approximate surface area is 91.1 Å². The van der Waals surface area contributed by atoms with Gasteiger partial charge in [0.25, 0.3) is 0 Å². The smallest absolute Gasteiger partial charge is 0.0710 e. The normalized spacial score (nSPS) is 22.1. The van der Waals surface area contributed by atoms with Crippen LogP contribution in [0.25, 0.3) is 0 Å². The lowest BCUT2D eigenvalue weighted by Crippen LogP contribution is -2.22. The number of aromatic nitrogens is 1. The molecule has 1 saturated heterocycles. The predicted octanol–water partition coefficient (Wildman–Crippen LogP) is 1.61. The summed E-state index contributed by atoms with van der Waals surface area (Å²) >= 11 is 0. The molecule has 1 atom stereocenters. The van der Waals surface area contributed by atoms with Crippen molar-refractivity contribution in [2.45, 2.75) is 26.0 Å². The molecule has 1 fully saturated rings. The number of hydrogen-bond acceptors (Lipinski definition) is 3. The molecule has 0 aromatic carbocycles. The monoisotopic (exact) mass is 206 g/mol. The number of methoxy groups -OCH3 is 1. The van der Waals surface area contributed by atoms with Crippen LogP contribution in [0.2, 0.25) is 0 Å². The highest BCUT2D eigenvalue weighted by atomic mass is 16.5. The maximum atomic E-state index is 5.34. The van der Waals surface area contributed by atoms with Gasteiger partial charge in [0.1, 0.15) is 0 Å². The zero-order valence-corrected chi connectivity index (χ0v) is 9.44. The van der Waals surface area contributed by atoms with Crippen molar-refractivity contribution >= 4 is 0 Å². The van der Waals surface area contributed by atoms with E-state index in [1.807, 2.05) is 6.20 Å². The van der Waals surface area contributed by atoms with E-state index in [0.717, 1.165) is 31.7 Å². The molecule has 15 heavy (non-hydrogen) atoms. The van der Waals surface area contributed by atoms with E-state index in [4.69, 9.17) is 4.74 Å². The zero-order valence-electron chi connectivity index (χ0n) is 9.44. The van der Waals surface area contributed by atoms with E-state index in [1.54, 1.807) is 7.11 Å². The summed E-state index contributed by atoms with van der Waals surface area (Å²) in [5, 5.41) is 0. The largest absolute Gasteiger partial charge is 0.380 e. The first-order valence-corrected chi connectivity index (χ1v) is 5.44. The summed E-state index contributed by atoms with van der Waals surface area (Å²) in [4.78, 5) is 6.80. The van der Waals surface area contributed by atoms with Gasteiger partial charge in [0.05, 0.1) is 11.8 Å². The van der Waals surface area contributed by atoms with E-state index >= 15 is 0 Å². The molecule has 0 aliphatic carbocycles. The van der Waals surface area contributed by atoms with E-state index in [2.05, 4.69) is 28.9 Å². The van der Waals surface area contributed by atoms with Crippen molar-refractivity contribution in [1.82, 2.24) is 9.88 Å². The molecule has 0 unspecified atom stereocenters. The lowest BCUT2D eigenvalue weighted by Gasteiger charge is -2.14. The van der Waals surface area contributed by atoms with Gasteiger partial charge in [0.2, 0.25) is 0 Å². The lowest BCUT2D eigenvalue weighted by atomic mass is 10.2. The van der Waals surface area contributed by atoms with Crippen molar-refractivity contribution < 1.29 is 4.74 Å². The fraction of sp³-hybridized carbons (Fsp3) is 0.583. The minimum atomic E-state index is 0.412. The van der Waals surface area contributed by atoms with Gasteiger partial charge < -0.3 is 4.74 Å². The second-order valence-corrected chi connectivity index (χ2v) is 4.21. The zero-order chi connectivity index (χ0) is 10.7. The van der Waals surface area contributed by atoms with Gasteiger partial charge in [0, 0.05) is 32.9 Å². The third kappa shape index (κ3) is 2.76. The van der Waals surface area contributed by atoms with Crippen LogP contribution in [0.3, 0.4) is 0 Å². The van der Waals surface area contributed by atoms with Crippen LogP contribution in [0.5, 0.6) is 0 Å². The van der Waals surface area contributed by atoms with Gasteiger partial charge in [0.15, 0.2) is 0 Å². The van der Waals surface area contributed by atoms with Crippen molar-refractivity contribution in [2.24, 2.45) is 0 Å². The minimum Gasteiger partial charge on any atom is -0.380 e. The molecule has 3 nitrogen and oxygen atoms in total. The van der Waals surface area contributed by atoms with Gasteiger partial charge >= 0.3 is 0 Å². The lowest BCUT2D eigenvalue weighted by molar-refractivity contribution is 0.107. The molecule has 0 radical (unpaired) electrons. The van der Waals surface area contributed by atoms with Gasteiger partial charge in [-0.05, 0) is 25.0 Å². The van der Waals surface area contributed by atoms with E-state index in [0.29, 0.717) is 6.10 Å². The summed E-state index contributed by atoms with van der Waals surface area (Å²) in [7, 11) is 1.79. The quantitative estimate of drug-likeness (QED) is 0.751. The first kappa shape index (κ1) is 10.6. The molecule has 0 saturated carbocycles. The van der Waals surface area contributed by atoms with Gasteiger partial charge in [-0.1, -0.05) is 6.07 Å². The number of rotatable bonds is 3. The first-order chi connectivity index (χ1) is 7.28. The average Bonchev–Trinajstić information content (AvgIpc) is 2.69. The molecule has 1 aliphatic heterocycles. The Morgan fingerprint density at radius 3 is 3.00 bits per heavy atom. The van der Waals surface area contributed by atoms with E-state index in [-0.39, 0.29) is 0 Å². The van der Waals surface area contributed by atoms with Crippen LogP contribution in [0.15, 0.2) is 18.3 Å². The Morgan fingerprint density at radius 1 is 1.53 bits per heavy atom. The molecule has 1 aliphatic rings. The molecule has 1 aromatic heterocycles. The third-order valence-electron chi connectivity index (χ3n) is 2.92. The fourth-order valence-electron chi connectivity index (χ4n) is 1.95. The van der Waals surface area contributed by atoms with E-state index in [9.17, 15) is 0 Å². The summed E-state index contributed by atoms with van der Waals surface area (Å²) in [5.41, 5.74) is 2.37. The van der Waals surface area contributed by atoms with Crippen LogP contribution in [0.4, 0.5) is 0 Å². The van der Waals surface area contributed by atoms with Crippen LogP contribution in [0, 0.1) is 6.92 Å². The van der Waals surface area contributed by atoms with Gasteiger partial charge in [-0.2, -0.15) is 0 Å². The molecule has 82 valence electrons. The van der Waals surface area contributed by atoms with Crippen LogP contribution >= 0.6 is 0 Å². The Kier molecular flexibility index (Phi) is 3.34. The Morgan fingerprint density at radius 2 is 2.40 bits per heavy atom. The Balaban J connectivity index is 1.90. The van der Waals surface area contributed by atoms with Crippen LogP contribution in [-0.2, 0) is 11.3 Å². The number of nitrogens with zero attached hydrogens (tertiary/aromatic N) is 2. The second-order valence-electron chi connectivity index (χ2n) is 4.21. The van der Waals surface area contributed by atoms with E-state index in [1.165, 1.54) is 5.56 Å². The molecule has 1 aromatic rings. The maximum Gasteiger partial charge on any atom is 0.0710 e.